The third-order valence-electron chi connectivity index (χ3n) is 5.98. The molecular weight excluding hydrogens is 468 g/mol. The highest BCUT2D eigenvalue weighted by Crippen LogP contribution is 2.23. The number of rotatable bonds is 12. The summed E-state index contributed by atoms with van der Waals surface area (Å²) in [5, 5.41) is 57.4. The van der Waals surface area contributed by atoms with Crippen molar-refractivity contribution in [2.75, 3.05) is 19.0 Å². The summed E-state index contributed by atoms with van der Waals surface area (Å²) in [5.74, 6) is 0.852. The Balaban J connectivity index is 0.000000340. The fourth-order valence-corrected chi connectivity index (χ4v) is 3.84. The third-order valence-corrected chi connectivity index (χ3v) is 6.30. The molecule has 2 heterocycles. The molecule has 0 aromatic heterocycles. The summed E-state index contributed by atoms with van der Waals surface area (Å²) >= 11 is 4.11. The Morgan fingerprint density at radius 2 is 1.00 bits per heavy atom. The van der Waals surface area contributed by atoms with E-state index in [4.69, 9.17) is 18.9 Å². The zero-order valence-corrected chi connectivity index (χ0v) is 21.5. The second-order valence-corrected chi connectivity index (χ2v) is 9.40. The Hall–Kier alpha value is -0.0500. The molecule has 0 amide bonds. The molecule has 2 aliphatic heterocycles. The lowest BCUT2D eigenvalue weighted by Gasteiger charge is -2.38. The van der Waals surface area contributed by atoms with Crippen molar-refractivity contribution in [1.82, 2.24) is 0 Å². The molecule has 0 aromatic rings. The Bertz CT molecular complexity index is 472. The van der Waals surface area contributed by atoms with Crippen molar-refractivity contribution in [3.8, 4) is 0 Å². The molecule has 10 nitrogen and oxygen atoms in total. The second kappa shape index (κ2) is 17.4. The van der Waals surface area contributed by atoms with E-state index in [2.05, 4.69) is 19.6 Å². The molecule has 2 saturated heterocycles. The van der Waals surface area contributed by atoms with Crippen LogP contribution in [-0.4, -0.2) is 111 Å². The number of thiol groups is 1. The van der Waals surface area contributed by atoms with Gasteiger partial charge in [-0.2, -0.15) is 12.6 Å². The first-order chi connectivity index (χ1) is 16.1. The Morgan fingerprint density at radius 3 is 1.38 bits per heavy atom. The highest BCUT2D eigenvalue weighted by molar-refractivity contribution is 7.80. The van der Waals surface area contributed by atoms with Gasteiger partial charge in [0.05, 0.1) is 12.2 Å². The summed E-state index contributed by atoms with van der Waals surface area (Å²) < 4.78 is 21.3. The normalized spacial score (nSPS) is 38.3. The molecule has 11 heteroatoms. The van der Waals surface area contributed by atoms with E-state index in [-0.39, 0.29) is 0 Å². The molecule has 0 radical (unpaired) electrons. The third kappa shape index (κ3) is 10.5. The van der Waals surface area contributed by atoms with Gasteiger partial charge in [0.25, 0.3) is 0 Å². The van der Waals surface area contributed by atoms with Gasteiger partial charge in [-0.15, -0.1) is 0 Å². The predicted molar refractivity (Wildman–Crippen MR) is 128 cm³/mol. The minimum Gasteiger partial charge on any atom is -0.388 e. The molecule has 2 aliphatic rings. The zero-order valence-electron chi connectivity index (χ0n) is 20.6. The van der Waals surface area contributed by atoms with Crippen molar-refractivity contribution >= 4 is 12.6 Å². The van der Waals surface area contributed by atoms with Crippen LogP contribution in [0, 0.1) is 0 Å². The summed E-state index contributed by atoms with van der Waals surface area (Å²) in [6.07, 6.45) is -2.54. The molecule has 0 spiro atoms. The molecule has 204 valence electrons. The molecule has 0 saturated carbocycles. The van der Waals surface area contributed by atoms with Crippen molar-refractivity contribution < 1.29 is 49.6 Å². The molecule has 0 bridgehead atoms. The summed E-state index contributed by atoms with van der Waals surface area (Å²) in [7, 11) is 0. The lowest BCUT2D eigenvalue weighted by molar-refractivity contribution is -0.293. The van der Waals surface area contributed by atoms with E-state index in [1.807, 2.05) is 0 Å². The molecule has 6 N–H and O–H groups in total. The van der Waals surface area contributed by atoms with Gasteiger partial charge in [0.2, 0.25) is 0 Å². The summed E-state index contributed by atoms with van der Waals surface area (Å²) in [4.78, 5) is 0. The monoisotopic (exact) mass is 514 g/mol. The number of aliphatic hydroxyl groups excluding tert-OH is 6. The molecule has 2 rings (SSSR count). The fraction of sp³-hybridized carbons (Fsp3) is 1.00. The second-order valence-electron chi connectivity index (χ2n) is 8.95. The van der Waals surface area contributed by atoms with Gasteiger partial charge >= 0.3 is 0 Å². The van der Waals surface area contributed by atoms with Gasteiger partial charge in [-0.25, -0.2) is 0 Å². The minimum absolute atomic E-state index is 0.463. The average Bonchev–Trinajstić information content (AvgIpc) is 2.82. The van der Waals surface area contributed by atoms with E-state index >= 15 is 0 Å². The van der Waals surface area contributed by atoms with Gasteiger partial charge in [-0.1, -0.05) is 32.6 Å². The van der Waals surface area contributed by atoms with Crippen LogP contribution in [-0.2, 0) is 18.9 Å². The quantitative estimate of drug-likeness (QED) is 0.143. The van der Waals surface area contributed by atoms with Crippen LogP contribution >= 0.6 is 12.6 Å². The lowest BCUT2D eigenvalue weighted by Crippen LogP contribution is -2.57. The van der Waals surface area contributed by atoms with Gasteiger partial charge < -0.3 is 49.6 Å². The number of unbranched alkanes of at least 4 members (excludes halogenated alkanes) is 5. The Morgan fingerprint density at radius 1 is 0.588 bits per heavy atom. The molecular formula is C23H46O10S. The molecule has 2 fully saturated rings. The van der Waals surface area contributed by atoms with Gasteiger partial charge in [-0.05, 0) is 38.9 Å². The minimum atomic E-state index is -1.22. The van der Waals surface area contributed by atoms with Gasteiger partial charge in [0, 0.05) is 13.2 Å². The summed E-state index contributed by atoms with van der Waals surface area (Å²) in [6.45, 7) is 6.38. The first-order valence-corrected chi connectivity index (χ1v) is 13.0. The topological polar surface area (TPSA) is 158 Å². The Kier molecular flexibility index (Phi) is 16.4. The van der Waals surface area contributed by atoms with Gasteiger partial charge in [0.15, 0.2) is 12.6 Å². The van der Waals surface area contributed by atoms with Gasteiger partial charge in [0.1, 0.15) is 36.6 Å². The largest absolute Gasteiger partial charge is 0.388 e. The van der Waals surface area contributed by atoms with E-state index in [1.165, 1.54) is 0 Å². The highest BCUT2D eigenvalue weighted by atomic mass is 32.1. The van der Waals surface area contributed by atoms with Gasteiger partial charge in [-0.3, -0.25) is 0 Å². The van der Waals surface area contributed by atoms with E-state index in [0.717, 1.165) is 50.7 Å². The smallest absolute Gasteiger partial charge is 0.186 e. The first-order valence-electron chi connectivity index (χ1n) is 12.4. The maximum absolute atomic E-state index is 9.67. The van der Waals surface area contributed by atoms with Crippen molar-refractivity contribution in [3.63, 3.8) is 0 Å². The van der Waals surface area contributed by atoms with Crippen molar-refractivity contribution in [2.24, 2.45) is 0 Å². The Labute approximate surface area is 208 Å². The van der Waals surface area contributed by atoms with E-state index in [9.17, 15) is 30.6 Å². The molecule has 10 atom stereocenters. The maximum Gasteiger partial charge on any atom is 0.186 e. The molecule has 4 unspecified atom stereocenters. The lowest BCUT2D eigenvalue weighted by atomic mass is 10.0. The highest BCUT2D eigenvalue weighted by Gasteiger charge is 2.43. The standard InChI is InChI=1S/C12H24O5.C11H22O5S/c1-3-4-5-6-7-16-12-11(15)10(14)9(13)8(2)17-12;1-7-8(12)9(13)10(14)11(16-7)15-5-3-2-4-6-17/h8-15H,3-7H2,1-2H3;7-14,17H,2-6H2,1H3/t8?,9-,10+,11?,12+;7?,8-,9+,10?,11-/m11/s1. The zero-order chi connectivity index (χ0) is 25.7. The van der Waals surface area contributed by atoms with Crippen LogP contribution in [0.3, 0.4) is 0 Å². The fourth-order valence-electron chi connectivity index (χ4n) is 3.62. The average molecular weight is 515 g/mol. The van der Waals surface area contributed by atoms with Crippen LogP contribution in [0.4, 0.5) is 0 Å². The van der Waals surface area contributed by atoms with E-state index in [0.29, 0.717) is 13.2 Å². The number of aliphatic hydroxyl groups is 6. The predicted octanol–water partition coefficient (Wildman–Crippen LogP) is 0.341. The van der Waals surface area contributed by atoms with Crippen LogP contribution < -0.4 is 0 Å². The molecule has 0 aromatic carbocycles. The van der Waals surface area contributed by atoms with Crippen LogP contribution in [0.25, 0.3) is 0 Å². The van der Waals surface area contributed by atoms with Crippen LogP contribution in [0.15, 0.2) is 0 Å². The van der Waals surface area contributed by atoms with Crippen LogP contribution in [0.5, 0.6) is 0 Å². The van der Waals surface area contributed by atoms with Crippen molar-refractivity contribution in [1.29, 1.82) is 0 Å². The SMILES string of the molecule is CC1O[C@@H](OCCCCCS)C(O)[C@@H](O)[C@@H]1O.CCCCCCO[C@H]1OC(C)[C@@H](O)[C@H](O)C1O. The van der Waals surface area contributed by atoms with E-state index in [1.54, 1.807) is 13.8 Å². The molecule has 0 aliphatic carbocycles. The molecule has 34 heavy (non-hydrogen) atoms. The summed E-state index contributed by atoms with van der Waals surface area (Å²) in [6, 6.07) is 0. The van der Waals surface area contributed by atoms with E-state index < -0.39 is 61.4 Å². The van der Waals surface area contributed by atoms with Crippen molar-refractivity contribution in [2.45, 2.75) is 127 Å². The van der Waals surface area contributed by atoms with Crippen molar-refractivity contribution in [3.05, 3.63) is 0 Å². The van der Waals surface area contributed by atoms with Crippen LogP contribution in [0.2, 0.25) is 0 Å². The number of ether oxygens (including phenoxy) is 4. The maximum atomic E-state index is 9.67. The first kappa shape index (κ1) is 32.0. The van der Waals surface area contributed by atoms with Crippen LogP contribution in [0.1, 0.15) is 65.7 Å². The number of hydrogen-bond acceptors (Lipinski definition) is 11. The number of hydrogen-bond donors (Lipinski definition) is 7. The summed E-state index contributed by atoms with van der Waals surface area (Å²) in [5.41, 5.74) is 0.